The molecular weight excluding hydrogens is 212 g/mol. The van der Waals surface area contributed by atoms with E-state index in [2.05, 4.69) is 5.10 Å². The number of halogens is 1. The Kier molecular flexibility index (Phi) is 4.33. The summed E-state index contributed by atoms with van der Waals surface area (Å²) < 4.78 is 1.76. The predicted molar refractivity (Wildman–Crippen MR) is 61.2 cm³/mol. The van der Waals surface area contributed by atoms with Crippen molar-refractivity contribution >= 4 is 17.4 Å². The van der Waals surface area contributed by atoms with Crippen LogP contribution in [-0.4, -0.2) is 15.6 Å². The molecule has 0 atom stereocenters. The number of aromatic nitrogens is 2. The van der Waals surface area contributed by atoms with E-state index in [1.165, 1.54) is 0 Å². The first-order valence-corrected chi connectivity index (χ1v) is 5.63. The molecule has 0 unspecified atom stereocenters. The lowest BCUT2D eigenvalue weighted by Gasteiger charge is -2.01. The van der Waals surface area contributed by atoms with E-state index in [-0.39, 0.29) is 0 Å². The summed E-state index contributed by atoms with van der Waals surface area (Å²) in [6, 6.07) is 0. The number of hydrogen-bond donors (Lipinski definition) is 0. The van der Waals surface area contributed by atoms with Gasteiger partial charge in [-0.05, 0) is 19.8 Å². The number of carbonyl (C=O) groups is 1. The van der Waals surface area contributed by atoms with Crippen LogP contribution in [0.25, 0.3) is 0 Å². The van der Waals surface area contributed by atoms with Crippen LogP contribution in [0.3, 0.4) is 0 Å². The van der Waals surface area contributed by atoms with Crippen molar-refractivity contribution < 1.29 is 4.79 Å². The Morgan fingerprint density at radius 1 is 1.47 bits per heavy atom. The smallest absolute Gasteiger partial charge is 0.133 e. The summed E-state index contributed by atoms with van der Waals surface area (Å²) in [5, 5.41) is 4.90. The van der Waals surface area contributed by atoms with Crippen LogP contribution in [0.5, 0.6) is 0 Å². The molecule has 3 nitrogen and oxygen atoms in total. The van der Waals surface area contributed by atoms with Crippen molar-refractivity contribution in [3.8, 4) is 0 Å². The van der Waals surface area contributed by atoms with E-state index >= 15 is 0 Å². The monoisotopic (exact) mass is 228 g/mol. The maximum atomic E-state index is 11.4. The zero-order valence-electron chi connectivity index (χ0n) is 9.51. The van der Waals surface area contributed by atoms with Crippen molar-refractivity contribution in [3.63, 3.8) is 0 Å². The molecule has 0 spiro atoms. The van der Waals surface area contributed by atoms with Gasteiger partial charge in [-0.2, -0.15) is 5.10 Å². The average Bonchev–Trinajstić information content (AvgIpc) is 2.40. The van der Waals surface area contributed by atoms with Gasteiger partial charge in [-0.3, -0.25) is 9.48 Å². The summed E-state index contributed by atoms with van der Waals surface area (Å²) in [6.45, 7) is 3.89. The van der Waals surface area contributed by atoms with Crippen LogP contribution in [-0.2, 0) is 18.3 Å². The van der Waals surface area contributed by atoms with Crippen LogP contribution < -0.4 is 0 Å². The Balaban J connectivity index is 2.61. The van der Waals surface area contributed by atoms with Gasteiger partial charge in [0.2, 0.25) is 0 Å². The van der Waals surface area contributed by atoms with Crippen molar-refractivity contribution in [2.24, 2.45) is 7.05 Å². The molecule has 0 bridgehead atoms. The largest absolute Gasteiger partial charge is 0.300 e. The number of rotatable bonds is 5. The fourth-order valence-corrected chi connectivity index (χ4v) is 1.87. The van der Waals surface area contributed by atoms with E-state index in [9.17, 15) is 4.79 Å². The Hall–Kier alpha value is -0.830. The molecule has 15 heavy (non-hydrogen) atoms. The third-order valence-corrected chi connectivity index (χ3v) is 2.92. The normalized spacial score (nSPS) is 10.7. The standard InChI is InChI=1S/C11H17ClN2O/c1-4-5-9(15)6-7-10-11(12)8(2)13-14(10)3/h4-7H2,1-3H3. The van der Waals surface area contributed by atoms with Crippen LogP contribution >= 0.6 is 11.6 Å². The highest BCUT2D eigenvalue weighted by Gasteiger charge is 2.12. The maximum absolute atomic E-state index is 11.4. The number of aryl methyl sites for hydroxylation is 2. The zero-order chi connectivity index (χ0) is 11.4. The Bertz CT molecular complexity index is 358. The van der Waals surface area contributed by atoms with E-state index in [4.69, 9.17) is 11.6 Å². The molecule has 84 valence electrons. The van der Waals surface area contributed by atoms with Gasteiger partial charge in [-0.15, -0.1) is 0 Å². The summed E-state index contributed by atoms with van der Waals surface area (Å²) in [4.78, 5) is 11.4. The molecule has 0 fully saturated rings. The minimum Gasteiger partial charge on any atom is -0.300 e. The van der Waals surface area contributed by atoms with Crippen molar-refractivity contribution in [2.45, 2.75) is 39.5 Å². The highest BCUT2D eigenvalue weighted by atomic mass is 35.5. The summed E-state index contributed by atoms with van der Waals surface area (Å²) in [5.41, 5.74) is 1.79. The first-order valence-electron chi connectivity index (χ1n) is 5.26. The average molecular weight is 229 g/mol. The second-order valence-corrected chi connectivity index (χ2v) is 4.14. The minimum absolute atomic E-state index is 0.299. The number of carbonyl (C=O) groups excluding carboxylic acids is 1. The predicted octanol–water partition coefficient (Wildman–Crippen LogP) is 2.68. The van der Waals surface area contributed by atoms with E-state index in [0.717, 1.165) is 17.8 Å². The maximum Gasteiger partial charge on any atom is 0.133 e. The van der Waals surface area contributed by atoms with Crippen LogP contribution in [0.1, 0.15) is 37.6 Å². The first-order chi connectivity index (χ1) is 7.06. The lowest BCUT2D eigenvalue weighted by molar-refractivity contribution is -0.119. The van der Waals surface area contributed by atoms with E-state index in [1.807, 2.05) is 20.9 Å². The number of nitrogens with zero attached hydrogens (tertiary/aromatic N) is 2. The van der Waals surface area contributed by atoms with Gasteiger partial charge in [-0.25, -0.2) is 0 Å². The van der Waals surface area contributed by atoms with E-state index in [0.29, 0.717) is 30.1 Å². The summed E-state index contributed by atoms with van der Waals surface area (Å²) in [5.74, 6) is 0.299. The molecule has 0 aliphatic heterocycles. The molecule has 1 rings (SSSR count). The van der Waals surface area contributed by atoms with Crippen molar-refractivity contribution in [3.05, 3.63) is 16.4 Å². The fraction of sp³-hybridized carbons (Fsp3) is 0.636. The van der Waals surface area contributed by atoms with Crippen molar-refractivity contribution in [1.29, 1.82) is 0 Å². The lowest BCUT2D eigenvalue weighted by atomic mass is 10.1. The van der Waals surface area contributed by atoms with Gasteiger partial charge < -0.3 is 0 Å². The van der Waals surface area contributed by atoms with Crippen LogP contribution in [0.4, 0.5) is 0 Å². The number of ketones is 1. The Morgan fingerprint density at radius 3 is 2.60 bits per heavy atom. The summed E-state index contributed by atoms with van der Waals surface area (Å²) in [7, 11) is 1.86. The SMILES string of the molecule is CCCC(=O)CCc1c(Cl)c(C)nn1C. The molecule has 0 N–H and O–H groups in total. The van der Waals surface area contributed by atoms with Crippen LogP contribution in [0, 0.1) is 6.92 Å². The zero-order valence-corrected chi connectivity index (χ0v) is 10.3. The third kappa shape index (κ3) is 3.06. The number of Topliss-reactive ketones (excluding diaryl/α,β-unsaturated/α-hetero) is 1. The van der Waals surface area contributed by atoms with Gasteiger partial charge >= 0.3 is 0 Å². The van der Waals surface area contributed by atoms with Crippen LogP contribution in [0.15, 0.2) is 0 Å². The van der Waals surface area contributed by atoms with Crippen molar-refractivity contribution in [1.82, 2.24) is 9.78 Å². The second kappa shape index (κ2) is 5.31. The molecule has 0 saturated heterocycles. The molecule has 1 aromatic heterocycles. The number of hydrogen-bond acceptors (Lipinski definition) is 2. The third-order valence-electron chi connectivity index (χ3n) is 2.43. The van der Waals surface area contributed by atoms with Gasteiger partial charge in [0.05, 0.1) is 16.4 Å². The molecule has 0 amide bonds. The highest BCUT2D eigenvalue weighted by molar-refractivity contribution is 6.31. The molecule has 0 aliphatic carbocycles. The van der Waals surface area contributed by atoms with Gasteiger partial charge in [0.25, 0.3) is 0 Å². The quantitative estimate of drug-likeness (QED) is 0.777. The summed E-state index contributed by atoms with van der Waals surface area (Å²) in [6.07, 6.45) is 2.83. The highest BCUT2D eigenvalue weighted by Crippen LogP contribution is 2.20. The molecule has 1 aromatic rings. The second-order valence-electron chi connectivity index (χ2n) is 3.76. The van der Waals surface area contributed by atoms with Gasteiger partial charge in [0.1, 0.15) is 5.78 Å². The minimum atomic E-state index is 0.299. The summed E-state index contributed by atoms with van der Waals surface area (Å²) >= 11 is 6.08. The molecule has 0 saturated carbocycles. The van der Waals surface area contributed by atoms with E-state index < -0.39 is 0 Å². The lowest BCUT2D eigenvalue weighted by Crippen LogP contribution is -2.04. The first kappa shape index (κ1) is 12.2. The van der Waals surface area contributed by atoms with Crippen molar-refractivity contribution in [2.75, 3.05) is 0 Å². The fourth-order valence-electron chi connectivity index (χ4n) is 1.61. The van der Waals surface area contributed by atoms with Gasteiger partial charge in [0, 0.05) is 19.9 Å². The topological polar surface area (TPSA) is 34.9 Å². The van der Waals surface area contributed by atoms with E-state index in [1.54, 1.807) is 4.68 Å². The van der Waals surface area contributed by atoms with Crippen LogP contribution in [0.2, 0.25) is 5.02 Å². The van der Waals surface area contributed by atoms with Gasteiger partial charge in [0.15, 0.2) is 0 Å². The molecule has 0 aromatic carbocycles. The molecule has 0 radical (unpaired) electrons. The Labute approximate surface area is 95.4 Å². The molecule has 0 aliphatic rings. The molecule has 4 heteroatoms. The Morgan fingerprint density at radius 2 is 2.13 bits per heavy atom. The molecular formula is C11H17ClN2O. The molecule has 1 heterocycles. The van der Waals surface area contributed by atoms with Gasteiger partial charge in [-0.1, -0.05) is 18.5 Å².